The third kappa shape index (κ3) is 3.81. The molecule has 1 aliphatic rings. The molecule has 0 bridgehead atoms. The maximum atomic E-state index is 10.4. The van der Waals surface area contributed by atoms with Crippen LogP contribution < -0.4 is 5.32 Å². The van der Waals surface area contributed by atoms with Crippen LogP contribution in [0.25, 0.3) is 0 Å². The van der Waals surface area contributed by atoms with Gasteiger partial charge in [0.1, 0.15) is 0 Å². The number of benzene rings is 1. The van der Waals surface area contributed by atoms with Gasteiger partial charge in [-0.1, -0.05) is 47.3 Å². The summed E-state index contributed by atoms with van der Waals surface area (Å²) in [6, 6.07) is 8.63. The van der Waals surface area contributed by atoms with Gasteiger partial charge in [-0.15, -0.1) is 0 Å². The van der Waals surface area contributed by atoms with Crippen molar-refractivity contribution in [3.8, 4) is 0 Å². The molecule has 0 unspecified atom stereocenters. The van der Waals surface area contributed by atoms with Gasteiger partial charge in [-0.3, -0.25) is 0 Å². The Balaban J connectivity index is 1.87. The fraction of sp³-hybridized carbons (Fsp3) is 0.600. The van der Waals surface area contributed by atoms with Gasteiger partial charge >= 0.3 is 0 Å². The molecule has 0 amide bonds. The Labute approximate surface area is 118 Å². The molecule has 1 aromatic carbocycles. The molecule has 0 heterocycles. The summed E-state index contributed by atoms with van der Waals surface area (Å²) in [5.41, 5.74) is 0.777. The second-order valence-corrected chi connectivity index (χ2v) is 6.35. The van der Waals surface area contributed by atoms with Crippen molar-refractivity contribution in [1.82, 2.24) is 5.32 Å². The summed E-state index contributed by atoms with van der Waals surface area (Å²) in [7, 11) is 0. The van der Waals surface area contributed by atoms with Crippen LogP contribution in [0.4, 0.5) is 0 Å². The van der Waals surface area contributed by atoms with E-state index in [1.807, 2.05) is 0 Å². The molecule has 0 spiro atoms. The predicted octanol–water partition coefficient (Wildman–Crippen LogP) is 3.79. The molecule has 1 fully saturated rings. The van der Waals surface area contributed by atoms with Crippen molar-refractivity contribution in [2.75, 3.05) is 6.54 Å². The third-order valence-electron chi connectivity index (χ3n) is 3.89. The van der Waals surface area contributed by atoms with Crippen molar-refractivity contribution in [2.24, 2.45) is 0 Å². The maximum Gasteiger partial charge on any atom is 0.0771 e. The largest absolute Gasteiger partial charge is 0.389 e. The first kappa shape index (κ1) is 14.0. The summed E-state index contributed by atoms with van der Waals surface area (Å²) in [5.74, 6) is 0. The number of rotatable bonds is 4. The lowest BCUT2D eigenvalue weighted by atomic mass is 9.84. The van der Waals surface area contributed by atoms with Gasteiger partial charge in [0.15, 0.2) is 0 Å². The molecule has 100 valence electrons. The van der Waals surface area contributed by atoms with E-state index in [4.69, 9.17) is 0 Å². The number of aliphatic hydroxyl groups is 1. The smallest absolute Gasteiger partial charge is 0.0771 e. The van der Waals surface area contributed by atoms with Gasteiger partial charge in [0.05, 0.1) is 5.60 Å². The highest BCUT2D eigenvalue weighted by Gasteiger charge is 2.29. The summed E-state index contributed by atoms with van der Waals surface area (Å²) in [4.78, 5) is 0. The highest BCUT2D eigenvalue weighted by atomic mass is 79.9. The molecule has 1 aromatic rings. The van der Waals surface area contributed by atoms with E-state index in [2.05, 4.69) is 52.4 Å². The van der Waals surface area contributed by atoms with Crippen molar-refractivity contribution in [3.05, 3.63) is 34.3 Å². The van der Waals surface area contributed by atoms with Crippen LogP contribution in [0.1, 0.15) is 50.6 Å². The summed E-state index contributed by atoms with van der Waals surface area (Å²) < 4.78 is 1.10. The van der Waals surface area contributed by atoms with Crippen LogP contribution in [0, 0.1) is 0 Å². The highest BCUT2D eigenvalue weighted by Crippen LogP contribution is 2.28. The molecule has 0 aromatic heterocycles. The second kappa shape index (κ2) is 6.18. The highest BCUT2D eigenvalue weighted by molar-refractivity contribution is 9.10. The van der Waals surface area contributed by atoms with E-state index in [0.29, 0.717) is 6.54 Å². The first-order chi connectivity index (χ1) is 8.59. The molecule has 3 heteroatoms. The van der Waals surface area contributed by atoms with Crippen molar-refractivity contribution >= 4 is 15.9 Å². The second-order valence-electron chi connectivity index (χ2n) is 5.44. The van der Waals surface area contributed by atoms with Gasteiger partial charge in [0, 0.05) is 17.1 Å². The zero-order valence-electron chi connectivity index (χ0n) is 11.0. The number of hydrogen-bond acceptors (Lipinski definition) is 2. The van der Waals surface area contributed by atoms with Crippen molar-refractivity contribution in [2.45, 2.75) is 50.7 Å². The van der Waals surface area contributed by atoms with Gasteiger partial charge < -0.3 is 10.4 Å². The Morgan fingerprint density at radius 1 is 1.22 bits per heavy atom. The number of halogens is 1. The van der Waals surface area contributed by atoms with Crippen molar-refractivity contribution < 1.29 is 5.11 Å². The number of nitrogens with one attached hydrogen (secondary N) is 1. The first-order valence-corrected chi connectivity index (χ1v) is 7.60. The standard InChI is InChI=1S/C15H22BrNO/c1-12(13-5-7-14(16)8-6-13)17-11-15(18)9-3-2-4-10-15/h5-8,12,17-18H,2-4,9-11H2,1H3/t12-/m0/s1. The van der Waals surface area contributed by atoms with Crippen LogP contribution >= 0.6 is 15.9 Å². The maximum absolute atomic E-state index is 10.4. The molecule has 1 saturated carbocycles. The fourth-order valence-corrected chi connectivity index (χ4v) is 2.86. The van der Waals surface area contributed by atoms with Crippen molar-refractivity contribution in [1.29, 1.82) is 0 Å². The van der Waals surface area contributed by atoms with Gasteiger partial charge in [0.25, 0.3) is 0 Å². The summed E-state index contributed by atoms with van der Waals surface area (Å²) >= 11 is 3.44. The topological polar surface area (TPSA) is 32.3 Å². The average Bonchev–Trinajstić information content (AvgIpc) is 2.38. The van der Waals surface area contributed by atoms with E-state index in [0.717, 1.165) is 30.2 Å². The molecule has 18 heavy (non-hydrogen) atoms. The zero-order chi connectivity index (χ0) is 13.0. The van der Waals surface area contributed by atoms with Crippen molar-refractivity contribution in [3.63, 3.8) is 0 Å². The minimum Gasteiger partial charge on any atom is -0.389 e. The Kier molecular flexibility index (Phi) is 4.82. The van der Waals surface area contributed by atoms with Gasteiger partial charge in [0.2, 0.25) is 0 Å². The predicted molar refractivity (Wildman–Crippen MR) is 78.6 cm³/mol. The SMILES string of the molecule is C[C@H](NCC1(O)CCCCC1)c1ccc(Br)cc1. The van der Waals surface area contributed by atoms with Crippen LogP contribution in [0.15, 0.2) is 28.7 Å². The van der Waals surface area contributed by atoms with Gasteiger partial charge in [-0.05, 0) is 37.5 Å². The molecular weight excluding hydrogens is 290 g/mol. The van der Waals surface area contributed by atoms with E-state index in [1.54, 1.807) is 0 Å². The lowest BCUT2D eigenvalue weighted by Crippen LogP contribution is -2.42. The van der Waals surface area contributed by atoms with E-state index < -0.39 is 5.60 Å². The lowest BCUT2D eigenvalue weighted by molar-refractivity contribution is 0.00300. The zero-order valence-corrected chi connectivity index (χ0v) is 12.5. The molecule has 1 aliphatic carbocycles. The molecule has 0 aliphatic heterocycles. The van der Waals surface area contributed by atoms with Crippen LogP contribution in [-0.4, -0.2) is 17.3 Å². The number of hydrogen-bond donors (Lipinski definition) is 2. The Hall–Kier alpha value is -0.380. The average molecular weight is 312 g/mol. The Morgan fingerprint density at radius 3 is 2.44 bits per heavy atom. The molecule has 2 N–H and O–H groups in total. The minimum atomic E-state index is -0.484. The molecule has 0 radical (unpaired) electrons. The normalized spacial score (nSPS) is 20.6. The molecule has 1 atom stereocenters. The Morgan fingerprint density at radius 2 is 1.83 bits per heavy atom. The summed E-state index contributed by atoms with van der Waals surface area (Å²) in [5, 5.41) is 13.9. The molecule has 2 rings (SSSR count). The van der Waals surface area contributed by atoms with Crippen LogP contribution in [0.3, 0.4) is 0 Å². The molecule has 2 nitrogen and oxygen atoms in total. The van der Waals surface area contributed by atoms with E-state index in [1.165, 1.54) is 12.0 Å². The first-order valence-electron chi connectivity index (χ1n) is 6.80. The van der Waals surface area contributed by atoms with Crippen LogP contribution in [0.2, 0.25) is 0 Å². The quantitative estimate of drug-likeness (QED) is 0.886. The van der Waals surface area contributed by atoms with Gasteiger partial charge in [-0.2, -0.15) is 0 Å². The third-order valence-corrected chi connectivity index (χ3v) is 4.42. The lowest BCUT2D eigenvalue weighted by Gasteiger charge is -2.33. The fourth-order valence-electron chi connectivity index (χ4n) is 2.60. The molecular formula is C15H22BrNO. The summed E-state index contributed by atoms with van der Waals surface area (Å²) in [6.45, 7) is 2.85. The van der Waals surface area contributed by atoms with E-state index in [-0.39, 0.29) is 6.04 Å². The van der Waals surface area contributed by atoms with E-state index >= 15 is 0 Å². The minimum absolute atomic E-state index is 0.282. The monoisotopic (exact) mass is 311 g/mol. The van der Waals surface area contributed by atoms with Gasteiger partial charge in [-0.25, -0.2) is 0 Å². The van der Waals surface area contributed by atoms with Crippen LogP contribution in [0.5, 0.6) is 0 Å². The molecule has 0 saturated heterocycles. The summed E-state index contributed by atoms with van der Waals surface area (Å²) in [6.07, 6.45) is 5.46. The van der Waals surface area contributed by atoms with E-state index in [9.17, 15) is 5.11 Å². The Bertz CT molecular complexity index is 371. The van der Waals surface area contributed by atoms with Crippen LogP contribution in [-0.2, 0) is 0 Å².